The van der Waals surface area contributed by atoms with Gasteiger partial charge in [-0.2, -0.15) is 0 Å². The van der Waals surface area contributed by atoms with E-state index in [-0.39, 0.29) is 0 Å². The Labute approximate surface area is 115 Å². The lowest BCUT2D eigenvalue weighted by atomic mass is 10.0. The third-order valence-electron chi connectivity index (χ3n) is 2.68. The van der Waals surface area contributed by atoms with Crippen molar-refractivity contribution >= 4 is 15.9 Å². The first-order chi connectivity index (χ1) is 8.54. The lowest BCUT2D eigenvalue weighted by molar-refractivity contribution is 0.177. The molecular formula is C14H15BrN2O. The summed E-state index contributed by atoms with van der Waals surface area (Å²) >= 11 is 3.34. The molecule has 1 N–H and O–H groups in total. The summed E-state index contributed by atoms with van der Waals surface area (Å²) in [6, 6.07) is 7.67. The van der Waals surface area contributed by atoms with E-state index in [0.29, 0.717) is 6.42 Å². The molecule has 0 radical (unpaired) electrons. The van der Waals surface area contributed by atoms with E-state index in [2.05, 4.69) is 25.9 Å². The second kappa shape index (κ2) is 5.59. The number of aliphatic hydroxyl groups is 1. The van der Waals surface area contributed by atoms with E-state index in [1.807, 2.05) is 38.1 Å². The molecule has 2 aromatic rings. The molecule has 0 spiro atoms. The normalized spacial score (nSPS) is 12.4. The lowest BCUT2D eigenvalue weighted by Gasteiger charge is -2.12. The highest BCUT2D eigenvalue weighted by Gasteiger charge is 2.10. The first-order valence-electron chi connectivity index (χ1n) is 5.78. The molecule has 1 atom stereocenters. The highest BCUT2D eigenvalue weighted by Crippen LogP contribution is 2.19. The van der Waals surface area contributed by atoms with E-state index in [1.165, 1.54) is 0 Å². The van der Waals surface area contributed by atoms with Crippen LogP contribution in [-0.4, -0.2) is 15.1 Å². The van der Waals surface area contributed by atoms with Gasteiger partial charge in [-0.1, -0.05) is 0 Å². The Morgan fingerprint density at radius 3 is 2.44 bits per heavy atom. The molecule has 0 fully saturated rings. The van der Waals surface area contributed by atoms with Crippen LogP contribution in [0.15, 0.2) is 34.9 Å². The van der Waals surface area contributed by atoms with E-state index in [1.54, 1.807) is 6.20 Å². The number of aliphatic hydroxyl groups excluding tert-OH is 1. The molecule has 0 aliphatic heterocycles. The molecule has 3 nitrogen and oxygen atoms in total. The molecule has 2 heterocycles. The predicted molar refractivity (Wildman–Crippen MR) is 74.3 cm³/mol. The maximum absolute atomic E-state index is 10.2. The summed E-state index contributed by atoms with van der Waals surface area (Å²) in [6.07, 6.45) is 1.71. The quantitative estimate of drug-likeness (QED) is 0.947. The van der Waals surface area contributed by atoms with Crippen LogP contribution >= 0.6 is 15.9 Å². The molecule has 94 valence electrons. The van der Waals surface area contributed by atoms with Gasteiger partial charge in [0.2, 0.25) is 0 Å². The van der Waals surface area contributed by atoms with Crippen molar-refractivity contribution in [1.82, 2.24) is 9.97 Å². The van der Waals surface area contributed by atoms with Crippen LogP contribution < -0.4 is 0 Å². The fourth-order valence-corrected chi connectivity index (χ4v) is 2.14. The van der Waals surface area contributed by atoms with Crippen LogP contribution in [0, 0.1) is 13.8 Å². The van der Waals surface area contributed by atoms with Gasteiger partial charge in [0.15, 0.2) is 0 Å². The maximum atomic E-state index is 10.2. The molecule has 4 heteroatoms. The van der Waals surface area contributed by atoms with Crippen molar-refractivity contribution in [3.63, 3.8) is 0 Å². The van der Waals surface area contributed by atoms with Crippen molar-refractivity contribution in [2.75, 3.05) is 0 Å². The Morgan fingerprint density at radius 1 is 1.22 bits per heavy atom. The van der Waals surface area contributed by atoms with Gasteiger partial charge in [-0.25, -0.2) is 0 Å². The number of hydrogen-bond acceptors (Lipinski definition) is 3. The summed E-state index contributed by atoms with van der Waals surface area (Å²) in [4.78, 5) is 8.57. The Hall–Kier alpha value is -1.26. The molecule has 1 unspecified atom stereocenters. The summed E-state index contributed by atoms with van der Waals surface area (Å²) < 4.78 is 0.941. The molecule has 18 heavy (non-hydrogen) atoms. The third-order valence-corrected chi connectivity index (χ3v) is 3.15. The van der Waals surface area contributed by atoms with Crippen LogP contribution in [0.4, 0.5) is 0 Å². The van der Waals surface area contributed by atoms with Crippen molar-refractivity contribution in [1.29, 1.82) is 0 Å². The fourth-order valence-electron chi connectivity index (χ4n) is 1.90. The zero-order valence-corrected chi connectivity index (χ0v) is 12.0. The molecule has 0 saturated heterocycles. The van der Waals surface area contributed by atoms with Crippen LogP contribution in [0.1, 0.15) is 28.7 Å². The molecule has 0 aliphatic carbocycles. The van der Waals surface area contributed by atoms with Gasteiger partial charge in [0, 0.05) is 34.2 Å². The number of pyridine rings is 2. The minimum atomic E-state index is -0.543. The number of nitrogens with zero attached hydrogens (tertiary/aromatic N) is 2. The summed E-state index contributed by atoms with van der Waals surface area (Å²) in [5, 5.41) is 10.2. The smallest absolute Gasteiger partial charge is 0.0846 e. The lowest BCUT2D eigenvalue weighted by Crippen LogP contribution is -2.05. The van der Waals surface area contributed by atoms with Gasteiger partial charge < -0.3 is 5.11 Å². The number of aromatic nitrogens is 2. The molecule has 0 amide bonds. The van der Waals surface area contributed by atoms with Gasteiger partial charge in [-0.3, -0.25) is 9.97 Å². The Balaban J connectivity index is 2.16. The summed E-state index contributed by atoms with van der Waals surface area (Å²) in [7, 11) is 0. The molecule has 0 aliphatic rings. The van der Waals surface area contributed by atoms with Crippen LogP contribution in [0.5, 0.6) is 0 Å². The first-order valence-corrected chi connectivity index (χ1v) is 6.57. The second-order valence-electron chi connectivity index (χ2n) is 4.37. The molecule has 2 aromatic heterocycles. The van der Waals surface area contributed by atoms with Crippen molar-refractivity contribution < 1.29 is 5.11 Å². The van der Waals surface area contributed by atoms with Crippen LogP contribution in [0.2, 0.25) is 0 Å². The van der Waals surface area contributed by atoms with Crippen LogP contribution in [0.25, 0.3) is 0 Å². The third kappa shape index (κ3) is 3.37. The topological polar surface area (TPSA) is 46.0 Å². The van der Waals surface area contributed by atoms with E-state index >= 15 is 0 Å². The molecular weight excluding hydrogens is 292 g/mol. The maximum Gasteiger partial charge on any atom is 0.0846 e. The monoisotopic (exact) mass is 306 g/mol. The van der Waals surface area contributed by atoms with Gasteiger partial charge in [0.05, 0.1) is 6.10 Å². The molecule has 2 rings (SSSR count). The number of aryl methyl sites for hydroxylation is 2. The largest absolute Gasteiger partial charge is 0.388 e. The SMILES string of the molecule is Cc1cc(C(O)Cc2ccc(Br)cn2)cc(C)n1. The Kier molecular flexibility index (Phi) is 4.09. The molecule has 0 aromatic carbocycles. The molecule has 0 saturated carbocycles. The van der Waals surface area contributed by atoms with Crippen LogP contribution in [-0.2, 0) is 6.42 Å². The van der Waals surface area contributed by atoms with E-state index in [9.17, 15) is 5.11 Å². The van der Waals surface area contributed by atoms with Crippen molar-refractivity contribution in [2.45, 2.75) is 26.4 Å². The van der Waals surface area contributed by atoms with Gasteiger partial charge in [-0.05, 0) is 59.6 Å². The highest BCUT2D eigenvalue weighted by molar-refractivity contribution is 9.10. The predicted octanol–water partition coefficient (Wildman–Crippen LogP) is 3.13. The van der Waals surface area contributed by atoms with Gasteiger partial charge in [0.1, 0.15) is 0 Å². The Bertz CT molecular complexity index is 520. The van der Waals surface area contributed by atoms with E-state index in [4.69, 9.17) is 0 Å². The average Bonchev–Trinajstić information content (AvgIpc) is 2.31. The summed E-state index contributed by atoms with van der Waals surface area (Å²) in [5.74, 6) is 0. The van der Waals surface area contributed by atoms with Crippen molar-refractivity contribution in [3.8, 4) is 0 Å². The van der Waals surface area contributed by atoms with Crippen molar-refractivity contribution in [2.24, 2.45) is 0 Å². The fraction of sp³-hybridized carbons (Fsp3) is 0.286. The minimum absolute atomic E-state index is 0.510. The summed E-state index contributed by atoms with van der Waals surface area (Å²) in [6.45, 7) is 3.86. The second-order valence-corrected chi connectivity index (χ2v) is 5.29. The standard InChI is InChI=1S/C14H15BrN2O/c1-9-5-11(6-10(2)17-9)14(18)7-13-4-3-12(15)8-16-13/h3-6,8,14,18H,7H2,1-2H3. The summed E-state index contributed by atoms with van der Waals surface area (Å²) in [5.41, 5.74) is 3.61. The minimum Gasteiger partial charge on any atom is -0.388 e. The van der Waals surface area contributed by atoms with Crippen molar-refractivity contribution in [3.05, 3.63) is 57.6 Å². The zero-order valence-electron chi connectivity index (χ0n) is 10.4. The van der Waals surface area contributed by atoms with E-state index in [0.717, 1.165) is 27.1 Å². The van der Waals surface area contributed by atoms with Crippen LogP contribution in [0.3, 0.4) is 0 Å². The number of hydrogen-bond donors (Lipinski definition) is 1. The Morgan fingerprint density at radius 2 is 1.89 bits per heavy atom. The highest BCUT2D eigenvalue weighted by atomic mass is 79.9. The number of halogens is 1. The van der Waals surface area contributed by atoms with Gasteiger partial charge in [-0.15, -0.1) is 0 Å². The van der Waals surface area contributed by atoms with Gasteiger partial charge in [0.25, 0.3) is 0 Å². The average molecular weight is 307 g/mol. The first kappa shape index (κ1) is 13.2. The zero-order chi connectivity index (χ0) is 13.1. The van der Waals surface area contributed by atoms with Gasteiger partial charge >= 0.3 is 0 Å². The van der Waals surface area contributed by atoms with E-state index < -0.39 is 6.10 Å². The number of rotatable bonds is 3. The molecule has 0 bridgehead atoms.